The lowest BCUT2D eigenvalue weighted by Gasteiger charge is -2.25. The first kappa shape index (κ1) is 16.3. The van der Waals surface area contributed by atoms with E-state index in [2.05, 4.69) is 5.16 Å². The van der Waals surface area contributed by atoms with Crippen molar-refractivity contribution < 1.29 is 13.7 Å². The summed E-state index contributed by atoms with van der Waals surface area (Å²) in [4.78, 5) is 14.4. The first-order chi connectivity index (χ1) is 12.7. The molecule has 0 saturated heterocycles. The van der Waals surface area contributed by atoms with Crippen LogP contribution in [0.2, 0.25) is 0 Å². The molecular weight excluding hydrogens is 331 g/mol. The zero-order chi connectivity index (χ0) is 17.9. The summed E-state index contributed by atoms with van der Waals surface area (Å²) in [6, 6.07) is 17.7. The number of nitrogens with zero attached hydrogens (tertiary/aromatic N) is 2. The van der Waals surface area contributed by atoms with Gasteiger partial charge in [0.05, 0.1) is 0 Å². The van der Waals surface area contributed by atoms with Crippen molar-refractivity contribution in [2.45, 2.75) is 6.42 Å². The summed E-state index contributed by atoms with van der Waals surface area (Å²) >= 11 is 0. The number of hydrogen-bond acceptors (Lipinski definition) is 3. The predicted octanol–water partition coefficient (Wildman–Crippen LogP) is 4.41. The van der Waals surface area contributed by atoms with E-state index >= 15 is 0 Å². The summed E-state index contributed by atoms with van der Waals surface area (Å²) < 4.78 is 18.3. The maximum absolute atomic E-state index is 13.0. The number of amides is 1. The lowest BCUT2D eigenvalue weighted by molar-refractivity contribution is 0.0731. The molecule has 1 amide bonds. The van der Waals surface area contributed by atoms with Crippen LogP contribution in [0.15, 0.2) is 71.3 Å². The maximum Gasteiger partial charge on any atom is 0.292 e. The van der Waals surface area contributed by atoms with Crippen LogP contribution in [-0.4, -0.2) is 29.1 Å². The van der Waals surface area contributed by atoms with Crippen molar-refractivity contribution in [3.05, 3.63) is 83.9 Å². The number of benzene rings is 2. The van der Waals surface area contributed by atoms with E-state index in [-0.39, 0.29) is 17.5 Å². The van der Waals surface area contributed by atoms with Crippen LogP contribution in [0.3, 0.4) is 0 Å². The highest BCUT2D eigenvalue weighted by Crippen LogP contribution is 2.24. The minimum atomic E-state index is -0.249. The zero-order valence-electron chi connectivity index (χ0n) is 14.1. The molecule has 1 aliphatic heterocycles. The third-order valence-electron chi connectivity index (χ3n) is 4.50. The van der Waals surface area contributed by atoms with Gasteiger partial charge in [0.2, 0.25) is 5.76 Å². The van der Waals surface area contributed by atoms with Crippen LogP contribution >= 0.6 is 0 Å². The molecule has 3 aromatic rings. The summed E-state index contributed by atoms with van der Waals surface area (Å²) in [7, 11) is 0. The van der Waals surface area contributed by atoms with Crippen molar-refractivity contribution in [2.75, 3.05) is 13.1 Å². The van der Waals surface area contributed by atoms with E-state index in [9.17, 15) is 9.18 Å². The second-order valence-corrected chi connectivity index (χ2v) is 6.18. The Kier molecular flexibility index (Phi) is 4.35. The van der Waals surface area contributed by atoms with Gasteiger partial charge in [0, 0.05) is 24.7 Å². The van der Waals surface area contributed by atoms with Gasteiger partial charge in [0.25, 0.3) is 5.91 Å². The van der Waals surface area contributed by atoms with Crippen LogP contribution in [0.25, 0.3) is 16.8 Å². The second-order valence-electron chi connectivity index (χ2n) is 6.18. The standard InChI is InChI=1S/C21H17FN2O2/c22-18-8-6-15(7-9-18)16-10-12-24(13-11-16)21(25)20-14-19(23-26-20)17-4-2-1-3-5-17/h1-10,14H,11-13H2. The summed E-state index contributed by atoms with van der Waals surface area (Å²) in [5, 5.41) is 4.00. The zero-order valence-corrected chi connectivity index (χ0v) is 14.1. The molecule has 0 unspecified atom stereocenters. The highest BCUT2D eigenvalue weighted by Gasteiger charge is 2.23. The Labute approximate surface area is 150 Å². The van der Waals surface area contributed by atoms with E-state index in [1.165, 1.54) is 12.1 Å². The number of carbonyl (C=O) groups excluding carboxylic acids is 1. The van der Waals surface area contributed by atoms with Crippen LogP contribution in [0, 0.1) is 5.82 Å². The summed E-state index contributed by atoms with van der Waals surface area (Å²) in [5.41, 5.74) is 3.67. The van der Waals surface area contributed by atoms with Gasteiger partial charge >= 0.3 is 0 Å². The van der Waals surface area contributed by atoms with E-state index in [4.69, 9.17) is 4.52 Å². The molecule has 4 nitrogen and oxygen atoms in total. The van der Waals surface area contributed by atoms with E-state index in [1.807, 2.05) is 36.4 Å². The predicted molar refractivity (Wildman–Crippen MR) is 96.8 cm³/mol. The molecule has 1 aromatic heterocycles. The van der Waals surface area contributed by atoms with Crippen molar-refractivity contribution in [3.8, 4) is 11.3 Å². The third-order valence-corrected chi connectivity index (χ3v) is 4.50. The molecule has 0 spiro atoms. The smallest absolute Gasteiger partial charge is 0.292 e. The van der Waals surface area contributed by atoms with E-state index < -0.39 is 0 Å². The van der Waals surface area contributed by atoms with Gasteiger partial charge in [-0.3, -0.25) is 4.79 Å². The van der Waals surface area contributed by atoms with Crippen molar-refractivity contribution in [3.63, 3.8) is 0 Å². The van der Waals surface area contributed by atoms with Crippen molar-refractivity contribution in [2.24, 2.45) is 0 Å². The highest BCUT2D eigenvalue weighted by molar-refractivity contribution is 5.93. The topological polar surface area (TPSA) is 46.3 Å². The molecule has 0 saturated carbocycles. The monoisotopic (exact) mass is 348 g/mol. The molecule has 0 bridgehead atoms. The van der Waals surface area contributed by atoms with Gasteiger partial charge in [-0.05, 0) is 29.7 Å². The number of carbonyl (C=O) groups is 1. The highest BCUT2D eigenvalue weighted by atomic mass is 19.1. The van der Waals surface area contributed by atoms with Crippen LogP contribution < -0.4 is 0 Å². The van der Waals surface area contributed by atoms with Gasteiger partial charge in [0.15, 0.2) is 0 Å². The Bertz CT molecular complexity index is 946. The maximum atomic E-state index is 13.0. The second kappa shape index (κ2) is 6.96. The Morgan fingerprint density at radius 2 is 1.81 bits per heavy atom. The Morgan fingerprint density at radius 1 is 1.04 bits per heavy atom. The van der Waals surface area contributed by atoms with Gasteiger partial charge in [-0.1, -0.05) is 53.7 Å². The van der Waals surface area contributed by atoms with Crippen molar-refractivity contribution in [1.29, 1.82) is 0 Å². The fourth-order valence-corrected chi connectivity index (χ4v) is 3.06. The van der Waals surface area contributed by atoms with E-state index in [0.717, 1.165) is 23.1 Å². The molecule has 2 heterocycles. The summed E-state index contributed by atoms with van der Waals surface area (Å²) in [5.74, 6) is -0.182. The molecule has 1 aliphatic rings. The molecule has 0 radical (unpaired) electrons. The molecule has 0 atom stereocenters. The molecule has 5 heteroatoms. The molecule has 0 N–H and O–H groups in total. The first-order valence-electron chi connectivity index (χ1n) is 8.47. The number of aromatic nitrogens is 1. The average Bonchev–Trinajstić information content (AvgIpc) is 3.19. The Hall–Kier alpha value is -3.21. The largest absolute Gasteiger partial charge is 0.350 e. The van der Waals surface area contributed by atoms with Crippen molar-refractivity contribution >= 4 is 11.5 Å². The molecule has 2 aromatic carbocycles. The van der Waals surface area contributed by atoms with E-state index in [1.54, 1.807) is 23.1 Å². The van der Waals surface area contributed by atoms with Gasteiger partial charge in [-0.2, -0.15) is 0 Å². The Morgan fingerprint density at radius 3 is 2.50 bits per heavy atom. The molecule has 26 heavy (non-hydrogen) atoms. The Balaban J connectivity index is 1.47. The van der Waals surface area contributed by atoms with E-state index in [0.29, 0.717) is 18.8 Å². The first-order valence-corrected chi connectivity index (χ1v) is 8.47. The van der Waals surface area contributed by atoms with Gasteiger partial charge in [-0.25, -0.2) is 4.39 Å². The van der Waals surface area contributed by atoms with Gasteiger partial charge in [0.1, 0.15) is 11.5 Å². The van der Waals surface area contributed by atoms with Crippen LogP contribution in [0.1, 0.15) is 22.5 Å². The minimum absolute atomic E-state index is 0.172. The van der Waals surface area contributed by atoms with Crippen LogP contribution in [-0.2, 0) is 0 Å². The molecule has 0 aliphatic carbocycles. The third kappa shape index (κ3) is 3.28. The molecule has 4 rings (SSSR count). The summed E-state index contributed by atoms with van der Waals surface area (Å²) in [6.07, 6.45) is 2.72. The normalized spacial score (nSPS) is 14.2. The number of hydrogen-bond donors (Lipinski definition) is 0. The van der Waals surface area contributed by atoms with Gasteiger partial charge in [-0.15, -0.1) is 0 Å². The molecule has 130 valence electrons. The van der Waals surface area contributed by atoms with Crippen molar-refractivity contribution in [1.82, 2.24) is 10.1 Å². The van der Waals surface area contributed by atoms with Gasteiger partial charge < -0.3 is 9.42 Å². The average molecular weight is 348 g/mol. The number of rotatable bonds is 3. The lowest BCUT2D eigenvalue weighted by Crippen LogP contribution is -2.34. The quantitative estimate of drug-likeness (QED) is 0.704. The summed E-state index contributed by atoms with van der Waals surface area (Å²) in [6.45, 7) is 1.08. The molecular formula is C21H17FN2O2. The molecule has 0 fully saturated rings. The lowest BCUT2D eigenvalue weighted by atomic mass is 9.99. The number of halogens is 1. The SMILES string of the molecule is O=C(c1cc(-c2ccccc2)no1)N1CC=C(c2ccc(F)cc2)CC1. The van der Waals surface area contributed by atoms with Crippen LogP contribution in [0.4, 0.5) is 4.39 Å². The fraction of sp³-hybridized carbons (Fsp3) is 0.143. The minimum Gasteiger partial charge on any atom is -0.350 e. The van der Waals surface area contributed by atoms with Crippen LogP contribution in [0.5, 0.6) is 0 Å². The fourth-order valence-electron chi connectivity index (χ4n) is 3.06.